The summed E-state index contributed by atoms with van der Waals surface area (Å²) < 4.78 is 37.2. The molecule has 0 saturated heterocycles. The lowest BCUT2D eigenvalue weighted by Gasteiger charge is -2.08. The highest BCUT2D eigenvalue weighted by Crippen LogP contribution is 2.28. The Hall–Kier alpha value is -1.11. The van der Waals surface area contributed by atoms with Gasteiger partial charge in [-0.25, -0.2) is 0 Å². The summed E-state index contributed by atoms with van der Waals surface area (Å²) in [7, 11) is 0. The average Bonchev–Trinajstić information content (AvgIpc) is 2.34. The van der Waals surface area contributed by atoms with Gasteiger partial charge in [0.1, 0.15) is 5.69 Å². The van der Waals surface area contributed by atoms with E-state index in [0.29, 0.717) is 12.8 Å². The fraction of sp³-hybridized carbons (Fsp3) is 0.500. The van der Waals surface area contributed by atoms with E-state index in [4.69, 9.17) is 0 Å². The summed E-state index contributed by atoms with van der Waals surface area (Å²) in [4.78, 5) is 14.7. The van der Waals surface area contributed by atoms with Crippen molar-refractivity contribution in [3.8, 4) is 0 Å². The number of anilines is 1. The summed E-state index contributed by atoms with van der Waals surface area (Å²) >= 11 is 3.28. The molecule has 1 rings (SSSR count). The zero-order valence-electron chi connectivity index (χ0n) is 10.1. The Kier molecular flexibility index (Phi) is 6.27. The van der Waals surface area contributed by atoms with E-state index in [0.717, 1.165) is 30.4 Å². The molecule has 3 nitrogen and oxygen atoms in total. The van der Waals surface area contributed by atoms with Crippen molar-refractivity contribution >= 4 is 27.5 Å². The van der Waals surface area contributed by atoms with Gasteiger partial charge in [-0.2, -0.15) is 13.2 Å². The second-order valence-corrected chi connectivity index (χ2v) is 4.77. The molecular weight excluding hydrogens is 325 g/mol. The van der Waals surface area contributed by atoms with Crippen molar-refractivity contribution < 1.29 is 18.0 Å². The number of rotatable bonds is 6. The van der Waals surface area contributed by atoms with Gasteiger partial charge in [0.25, 0.3) is 0 Å². The van der Waals surface area contributed by atoms with Crippen LogP contribution in [-0.4, -0.2) is 16.2 Å². The van der Waals surface area contributed by atoms with E-state index in [-0.39, 0.29) is 11.6 Å². The lowest BCUT2D eigenvalue weighted by molar-refractivity contribution is -0.141. The number of nitrogens with zero attached hydrogens (tertiary/aromatic N) is 1. The topological polar surface area (TPSA) is 42.0 Å². The number of nitrogens with one attached hydrogen (secondary N) is 1. The zero-order valence-corrected chi connectivity index (χ0v) is 11.7. The first kappa shape index (κ1) is 15.9. The third-order valence-electron chi connectivity index (χ3n) is 2.37. The van der Waals surface area contributed by atoms with Crippen LogP contribution in [0.15, 0.2) is 18.3 Å². The second kappa shape index (κ2) is 7.47. The molecule has 1 aromatic rings. The normalized spacial score (nSPS) is 11.4. The Morgan fingerprint density at radius 2 is 2.05 bits per heavy atom. The van der Waals surface area contributed by atoms with Gasteiger partial charge in [0.15, 0.2) is 0 Å². The van der Waals surface area contributed by atoms with E-state index in [9.17, 15) is 18.0 Å². The molecule has 0 aliphatic rings. The molecule has 106 valence electrons. The molecule has 0 aliphatic heterocycles. The van der Waals surface area contributed by atoms with Crippen molar-refractivity contribution in [1.29, 1.82) is 0 Å². The Bertz CT molecular complexity index is 424. The van der Waals surface area contributed by atoms with Crippen LogP contribution in [0.25, 0.3) is 0 Å². The molecule has 1 N–H and O–H groups in total. The fourth-order valence-electron chi connectivity index (χ4n) is 1.44. The summed E-state index contributed by atoms with van der Waals surface area (Å²) in [5, 5.41) is 3.32. The molecule has 0 aromatic carbocycles. The highest BCUT2D eigenvalue weighted by atomic mass is 79.9. The molecule has 0 unspecified atom stereocenters. The maximum Gasteiger partial charge on any atom is 0.433 e. The van der Waals surface area contributed by atoms with Crippen molar-refractivity contribution in [2.24, 2.45) is 0 Å². The molecule has 0 atom stereocenters. The Labute approximate surface area is 117 Å². The molecule has 1 amide bonds. The predicted octanol–water partition coefficient (Wildman–Crippen LogP) is 3.99. The maximum atomic E-state index is 12.4. The summed E-state index contributed by atoms with van der Waals surface area (Å²) in [6, 6.07) is 2.17. The first-order valence-corrected chi connectivity index (χ1v) is 6.94. The largest absolute Gasteiger partial charge is 0.433 e. The summed E-state index contributed by atoms with van der Waals surface area (Å²) in [5.41, 5.74) is -0.891. The molecular formula is C12H14BrF3N2O. The third-order valence-corrected chi connectivity index (χ3v) is 2.93. The molecule has 7 heteroatoms. The van der Waals surface area contributed by atoms with E-state index in [1.54, 1.807) is 0 Å². The SMILES string of the molecule is O=C(CCCCCBr)Nc1ccnc(C(F)(F)F)c1. The van der Waals surface area contributed by atoms with Gasteiger partial charge in [-0.05, 0) is 25.0 Å². The van der Waals surface area contributed by atoms with Crippen molar-refractivity contribution in [3.63, 3.8) is 0 Å². The van der Waals surface area contributed by atoms with Gasteiger partial charge >= 0.3 is 6.18 Å². The number of carbonyl (C=O) groups excluding carboxylic acids is 1. The minimum atomic E-state index is -4.50. The van der Waals surface area contributed by atoms with E-state index in [2.05, 4.69) is 26.2 Å². The molecule has 0 aliphatic carbocycles. The number of hydrogen-bond donors (Lipinski definition) is 1. The van der Waals surface area contributed by atoms with Gasteiger partial charge in [-0.15, -0.1) is 0 Å². The third kappa shape index (κ3) is 6.04. The van der Waals surface area contributed by atoms with E-state index >= 15 is 0 Å². The molecule has 0 radical (unpaired) electrons. The quantitative estimate of drug-likeness (QED) is 0.629. The van der Waals surface area contributed by atoms with E-state index < -0.39 is 11.9 Å². The van der Waals surface area contributed by atoms with Gasteiger partial charge < -0.3 is 5.32 Å². The average molecular weight is 339 g/mol. The fourth-order valence-corrected chi connectivity index (χ4v) is 1.84. The number of aromatic nitrogens is 1. The van der Waals surface area contributed by atoms with Crippen molar-refractivity contribution in [1.82, 2.24) is 4.98 Å². The molecule has 0 saturated carbocycles. The molecule has 0 spiro atoms. The summed E-state index contributed by atoms with van der Waals surface area (Å²) in [6.07, 6.45) is -0.575. The number of carbonyl (C=O) groups is 1. The minimum absolute atomic E-state index is 0.118. The van der Waals surface area contributed by atoms with Gasteiger partial charge in [0.05, 0.1) is 0 Å². The second-order valence-electron chi connectivity index (χ2n) is 3.98. The van der Waals surface area contributed by atoms with Crippen molar-refractivity contribution in [2.75, 3.05) is 10.6 Å². The smallest absolute Gasteiger partial charge is 0.326 e. The lowest BCUT2D eigenvalue weighted by atomic mass is 10.2. The van der Waals surface area contributed by atoms with Crippen LogP contribution in [0, 0.1) is 0 Å². The number of alkyl halides is 4. The van der Waals surface area contributed by atoms with Crippen LogP contribution in [-0.2, 0) is 11.0 Å². The molecule has 19 heavy (non-hydrogen) atoms. The van der Waals surface area contributed by atoms with Crippen LogP contribution >= 0.6 is 15.9 Å². The van der Waals surface area contributed by atoms with Gasteiger partial charge in [-0.1, -0.05) is 22.4 Å². The number of halogens is 4. The summed E-state index contributed by atoms with van der Waals surface area (Å²) in [5.74, 6) is -0.283. The Morgan fingerprint density at radius 1 is 1.32 bits per heavy atom. The van der Waals surface area contributed by atoms with Crippen molar-refractivity contribution in [2.45, 2.75) is 31.9 Å². The van der Waals surface area contributed by atoms with Gasteiger partial charge in [-0.3, -0.25) is 9.78 Å². The Morgan fingerprint density at radius 3 is 2.68 bits per heavy atom. The first-order chi connectivity index (χ1) is 8.93. The standard InChI is InChI=1S/C12H14BrF3N2O/c13-6-3-1-2-4-11(19)18-9-5-7-17-10(8-9)12(14,15)16/h5,7-8H,1-4,6H2,(H,17,18,19). The van der Waals surface area contributed by atoms with E-state index in [1.165, 1.54) is 6.07 Å². The van der Waals surface area contributed by atoms with Crippen LogP contribution in [0.5, 0.6) is 0 Å². The molecule has 1 heterocycles. The molecule has 0 fully saturated rings. The Balaban J connectivity index is 2.50. The maximum absolute atomic E-state index is 12.4. The van der Waals surface area contributed by atoms with Gasteiger partial charge in [0, 0.05) is 23.6 Å². The lowest BCUT2D eigenvalue weighted by Crippen LogP contribution is -2.13. The highest BCUT2D eigenvalue weighted by Gasteiger charge is 2.32. The number of pyridine rings is 1. The van der Waals surface area contributed by atoms with E-state index in [1.807, 2.05) is 0 Å². The monoisotopic (exact) mass is 338 g/mol. The van der Waals surface area contributed by atoms with Crippen LogP contribution < -0.4 is 5.32 Å². The minimum Gasteiger partial charge on any atom is -0.326 e. The number of amides is 1. The van der Waals surface area contributed by atoms with Crippen LogP contribution in [0.2, 0.25) is 0 Å². The van der Waals surface area contributed by atoms with Crippen LogP contribution in [0.3, 0.4) is 0 Å². The van der Waals surface area contributed by atoms with Crippen LogP contribution in [0.4, 0.5) is 18.9 Å². The zero-order chi connectivity index (χ0) is 14.3. The highest BCUT2D eigenvalue weighted by molar-refractivity contribution is 9.09. The number of unbranched alkanes of at least 4 members (excludes halogenated alkanes) is 2. The number of hydrogen-bond acceptors (Lipinski definition) is 2. The summed E-state index contributed by atoms with van der Waals surface area (Å²) in [6.45, 7) is 0. The molecule has 1 aromatic heterocycles. The predicted molar refractivity (Wildman–Crippen MR) is 70.1 cm³/mol. The van der Waals surface area contributed by atoms with Crippen LogP contribution in [0.1, 0.15) is 31.4 Å². The first-order valence-electron chi connectivity index (χ1n) is 5.82. The van der Waals surface area contributed by atoms with Crippen molar-refractivity contribution in [3.05, 3.63) is 24.0 Å². The van der Waals surface area contributed by atoms with Gasteiger partial charge in [0.2, 0.25) is 5.91 Å². The molecule has 0 bridgehead atoms.